The first-order valence-corrected chi connectivity index (χ1v) is 4.76. The van der Waals surface area contributed by atoms with E-state index in [0.29, 0.717) is 5.56 Å². The van der Waals surface area contributed by atoms with Crippen molar-refractivity contribution in [2.45, 2.75) is 13.8 Å². The molecule has 0 spiro atoms. The Labute approximate surface area is 87.9 Å². The van der Waals surface area contributed by atoms with Crippen molar-refractivity contribution >= 4 is 16.8 Å². The van der Waals surface area contributed by atoms with Gasteiger partial charge in [0.1, 0.15) is 0 Å². The summed E-state index contributed by atoms with van der Waals surface area (Å²) in [6.07, 6.45) is 0. The predicted octanol–water partition coefficient (Wildman–Crippen LogP) is 1.95. The van der Waals surface area contributed by atoms with Crippen LogP contribution in [0.5, 0.6) is 0 Å². The molecule has 2 N–H and O–H groups in total. The second kappa shape index (κ2) is 3.35. The zero-order valence-corrected chi connectivity index (χ0v) is 8.74. The van der Waals surface area contributed by atoms with Crippen molar-refractivity contribution in [3.8, 4) is 0 Å². The van der Waals surface area contributed by atoms with Gasteiger partial charge < -0.3 is 5.73 Å². The van der Waals surface area contributed by atoms with Gasteiger partial charge in [-0.1, -0.05) is 6.07 Å². The number of aryl methyl sites for hydroxylation is 2. The van der Waals surface area contributed by atoms with Gasteiger partial charge in [0, 0.05) is 16.6 Å². The zero-order valence-electron chi connectivity index (χ0n) is 8.74. The number of benzene rings is 1. The summed E-state index contributed by atoms with van der Waals surface area (Å²) in [5.74, 6) is -0.419. The minimum absolute atomic E-state index is 0.419. The topological polar surface area (TPSA) is 56.0 Å². The molecule has 15 heavy (non-hydrogen) atoms. The largest absolute Gasteiger partial charge is 0.366 e. The third kappa shape index (κ3) is 1.68. The standard InChI is InChI=1S/C12H12N2O/c1-7-5-8(2)14-11-6-9(12(13)15)3-4-10(7)11/h3-6H,1-2H3,(H2,13,15). The average molecular weight is 200 g/mol. The molecule has 0 radical (unpaired) electrons. The van der Waals surface area contributed by atoms with Gasteiger partial charge in [0.05, 0.1) is 5.52 Å². The van der Waals surface area contributed by atoms with Gasteiger partial charge in [0.25, 0.3) is 0 Å². The number of nitrogens with zero attached hydrogens (tertiary/aromatic N) is 1. The van der Waals surface area contributed by atoms with E-state index < -0.39 is 5.91 Å². The summed E-state index contributed by atoms with van der Waals surface area (Å²) in [5, 5.41) is 1.06. The highest BCUT2D eigenvalue weighted by Gasteiger charge is 2.04. The van der Waals surface area contributed by atoms with Gasteiger partial charge in [-0.3, -0.25) is 9.78 Å². The van der Waals surface area contributed by atoms with Crippen LogP contribution in [0.15, 0.2) is 24.3 Å². The van der Waals surface area contributed by atoms with Gasteiger partial charge in [-0.15, -0.1) is 0 Å². The maximum Gasteiger partial charge on any atom is 0.248 e. The van der Waals surface area contributed by atoms with Crippen LogP contribution >= 0.6 is 0 Å². The van der Waals surface area contributed by atoms with Crippen LogP contribution in [0.1, 0.15) is 21.6 Å². The summed E-state index contributed by atoms with van der Waals surface area (Å²) in [6.45, 7) is 3.96. The Morgan fingerprint density at radius 2 is 2.00 bits per heavy atom. The van der Waals surface area contributed by atoms with E-state index >= 15 is 0 Å². The number of aromatic nitrogens is 1. The van der Waals surface area contributed by atoms with Crippen molar-refractivity contribution in [3.05, 3.63) is 41.1 Å². The molecule has 0 fully saturated rings. The van der Waals surface area contributed by atoms with E-state index in [0.717, 1.165) is 22.2 Å². The molecule has 0 saturated heterocycles. The van der Waals surface area contributed by atoms with E-state index in [1.54, 1.807) is 12.1 Å². The fraction of sp³-hybridized carbons (Fsp3) is 0.167. The Kier molecular flexibility index (Phi) is 2.15. The SMILES string of the molecule is Cc1cc(C)c2ccc(C(N)=O)cc2n1. The van der Waals surface area contributed by atoms with Gasteiger partial charge in [-0.2, -0.15) is 0 Å². The minimum Gasteiger partial charge on any atom is -0.366 e. The highest BCUT2D eigenvalue weighted by molar-refractivity contribution is 5.97. The monoisotopic (exact) mass is 200 g/mol. The molecular formula is C12H12N2O. The maximum atomic E-state index is 11.0. The summed E-state index contributed by atoms with van der Waals surface area (Å²) in [7, 11) is 0. The first kappa shape index (κ1) is 9.65. The highest BCUT2D eigenvalue weighted by atomic mass is 16.1. The number of carbonyl (C=O) groups is 1. The van der Waals surface area contributed by atoms with E-state index in [1.807, 2.05) is 26.0 Å². The molecule has 0 unspecified atom stereocenters. The summed E-state index contributed by atoms with van der Waals surface area (Å²) >= 11 is 0. The lowest BCUT2D eigenvalue weighted by Crippen LogP contribution is -2.10. The van der Waals surface area contributed by atoms with Crippen LogP contribution in [0.25, 0.3) is 10.9 Å². The first-order valence-electron chi connectivity index (χ1n) is 4.76. The predicted molar refractivity (Wildman–Crippen MR) is 59.7 cm³/mol. The first-order chi connectivity index (χ1) is 7.08. The molecule has 1 aromatic heterocycles. The molecule has 2 aromatic rings. The van der Waals surface area contributed by atoms with E-state index in [-0.39, 0.29) is 0 Å². The van der Waals surface area contributed by atoms with E-state index in [4.69, 9.17) is 5.73 Å². The molecule has 76 valence electrons. The van der Waals surface area contributed by atoms with Crippen molar-refractivity contribution in [2.75, 3.05) is 0 Å². The summed E-state index contributed by atoms with van der Waals surface area (Å²) in [5.41, 5.74) is 8.64. The van der Waals surface area contributed by atoms with Crippen molar-refractivity contribution < 1.29 is 4.79 Å². The Morgan fingerprint density at radius 3 is 2.67 bits per heavy atom. The van der Waals surface area contributed by atoms with Crippen molar-refractivity contribution in [2.24, 2.45) is 5.73 Å². The van der Waals surface area contributed by atoms with Crippen LogP contribution in [-0.2, 0) is 0 Å². The molecule has 0 aliphatic rings. The van der Waals surface area contributed by atoms with Crippen molar-refractivity contribution in [1.29, 1.82) is 0 Å². The molecule has 2 rings (SSSR count). The number of amides is 1. The van der Waals surface area contributed by atoms with Gasteiger partial charge in [0.2, 0.25) is 5.91 Å². The molecule has 0 saturated carbocycles. The van der Waals surface area contributed by atoms with Crippen LogP contribution < -0.4 is 5.73 Å². The molecule has 1 aromatic carbocycles. The second-order valence-corrected chi connectivity index (χ2v) is 3.68. The fourth-order valence-electron chi connectivity index (χ4n) is 1.72. The van der Waals surface area contributed by atoms with E-state index in [2.05, 4.69) is 4.98 Å². The molecule has 0 aliphatic carbocycles. The fourth-order valence-corrected chi connectivity index (χ4v) is 1.72. The molecule has 3 nitrogen and oxygen atoms in total. The van der Waals surface area contributed by atoms with E-state index in [9.17, 15) is 4.79 Å². The number of primary amides is 1. The smallest absolute Gasteiger partial charge is 0.248 e. The van der Waals surface area contributed by atoms with Gasteiger partial charge >= 0.3 is 0 Å². The van der Waals surface area contributed by atoms with Crippen LogP contribution in [0.4, 0.5) is 0 Å². The lowest BCUT2D eigenvalue weighted by molar-refractivity contribution is 0.100. The van der Waals surface area contributed by atoms with Gasteiger partial charge in [-0.25, -0.2) is 0 Å². The number of carbonyl (C=O) groups excluding carboxylic acids is 1. The number of nitrogens with two attached hydrogens (primary N) is 1. The molecule has 1 amide bonds. The van der Waals surface area contributed by atoms with Crippen molar-refractivity contribution in [3.63, 3.8) is 0 Å². The average Bonchev–Trinajstić information content (AvgIpc) is 2.16. The number of fused-ring (bicyclic) bond motifs is 1. The quantitative estimate of drug-likeness (QED) is 0.764. The van der Waals surface area contributed by atoms with Gasteiger partial charge in [-0.05, 0) is 37.6 Å². The minimum atomic E-state index is -0.419. The van der Waals surface area contributed by atoms with Crippen LogP contribution in [0.3, 0.4) is 0 Å². The number of rotatable bonds is 1. The number of hydrogen-bond acceptors (Lipinski definition) is 2. The number of hydrogen-bond donors (Lipinski definition) is 1. The summed E-state index contributed by atoms with van der Waals surface area (Å²) in [6, 6.07) is 7.37. The summed E-state index contributed by atoms with van der Waals surface area (Å²) in [4.78, 5) is 15.4. The summed E-state index contributed by atoms with van der Waals surface area (Å²) < 4.78 is 0. The lowest BCUT2D eigenvalue weighted by Gasteiger charge is -2.04. The third-order valence-corrected chi connectivity index (χ3v) is 2.43. The maximum absolute atomic E-state index is 11.0. The van der Waals surface area contributed by atoms with Crippen LogP contribution in [-0.4, -0.2) is 10.9 Å². The molecule has 0 aliphatic heterocycles. The van der Waals surface area contributed by atoms with Crippen molar-refractivity contribution in [1.82, 2.24) is 4.98 Å². The highest BCUT2D eigenvalue weighted by Crippen LogP contribution is 2.18. The van der Waals surface area contributed by atoms with Crippen LogP contribution in [0.2, 0.25) is 0 Å². The Balaban J connectivity index is 2.76. The zero-order chi connectivity index (χ0) is 11.0. The molecular weight excluding hydrogens is 188 g/mol. The normalized spacial score (nSPS) is 10.5. The van der Waals surface area contributed by atoms with E-state index in [1.165, 1.54) is 0 Å². The molecule has 0 atom stereocenters. The lowest BCUT2D eigenvalue weighted by atomic mass is 10.1. The second-order valence-electron chi connectivity index (χ2n) is 3.68. The van der Waals surface area contributed by atoms with Gasteiger partial charge in [0.15, 0.2) is 0 Å². The molecule has 3 heteroatoms. The Bertz CT molecular complexity index is 547. The van der Waals surface area contributed by atoms with Crippen LogP contribution in [0, 0.1) is 13.8 Å². The number of pyridine rings is 1. The Hall–Kier alpha value is -1.90. The third-order valence-electron chi connectivity index (χ3n) is 2.43. The molecule has 1 heterocycles. The molecule has 0 bridgehead atoms. The Morgan fingerprint density at radius 1 is 1.27 bits per heavy atom.